The van der Waals surface area contributed by atoms with Crippen LogP contribution in [0.5, 0.6) is 0 Å². The van der Waals surface area contributed by atoms with Crippen LogP contribution in [0.25, 0.3) is 0 Å². The fraction of sp³-hybridized carbons (Fsp3) is 0.692. The van der Waals surface area contributed by atoms with Crippen LogP contribution in [0.3, 0.4) is 0 Å². The number of hydrogen-bond acceptors (Lipinski definition) is 5. The van der Waals surface area contributed by atoms with Gasteiger partial charge in [-0.2, -0.15) is 0 Å². The van der Waals surface area contributed by atoms with Crippen LogP contribution in [0, 0.1) is 5.92 Å². The van der Waals surface area contributed by atoms with Crippen molar-refractivity contribution >= 4 is 22.4 Å². The van der Waals surface area contributed by atoms with Crippen molar-refractivity contribution in [2.45, 2.75) is 38.1 Å². The number of anilines is 1. The third kappa shape index (κ3) is 2.47. The Kier molecular flexibility index (Phi) is 3.45. The Hall–Kier alpha value is -1.14. The van der Waals surface area contributed by atoms with E-state index in [0.29, 0.717) is 18.4 Å². The normalized spacial score (nSPS) is 30.1. The molecule has 19 heavy (non-hydrogen) atoms. The molecule has 0 amide bonds. The molecule has 2 N–H and O–H groups in total. The minimum atomic E-state index is -0.755. The van der Waals surface area contributed by atoms with Crippen molar-refractivity contribution in [3.8, 4) is 0 Å². The Morgan fingerprint density at radius 1 is 1.53 bits per heavy atom. The monoisotopic (exact) mass is 282 g/mol. The lowest BCUT2D eigenvalue weighted by Gasteiger charge is -2.29. The largest absolute Gasteiger partial charge is 0.481 e. The summed E-state index contributed by atoms with van der Waals surface area (Å²) in [4.78, 5) is 16.8. The zero-order valence-corrected chi connectivity index (χ0v) is 11.7. The maximum atomic E-state index is 11.1. The van der Waals surface area contributed by atoms with Crippen molar-refractivity contribution in [3.05, 3.63) is 10.6 Å². The van der Waals surface area contributed by atoms with Gasteiger partial charge in [0.25, 0.3) is 0 Å². The number of aromatic nitrogens is 1. The van der Waals surface area contributed by atoms with Gasteiger partial charge < -0.3 is 15.2 Å². The van der Waals surface area contributed by atoms with Gasteiger partial charge in [0.1, 0.15) is 5.92 Å². The topological polar surface area (TPSA) is 71.5 Å². The number of carbonyl (C=O) groups is 1. The number of rotatable bonds is 3. The number of aryl methyl sites for hydroxylation is 1. The van der Waals surface area contributed by atoms with E-state index in [0.717, 1.165) is 41.8 Å². The first-order valence-electron chi connectivity index (χ1n) is 6.72. The summed E-state index contributed by atoms with van der Waals surface area (Å²) in [5.74, 6) is -0.702. The van der Waals surface area contributed by atoms with E-state index in [1.165, 1.54) is 0 Å². The molecule has 1 aromatic heterocycles. The molecular formula is C13H18N2O3S. The van der Waals surface area contributed by atoms with E-state index in [1.807, 2.05) is 0 Å². The second-order valence-corrected chi connectivity index (χ2v) is 6.43. The highest BCUT2D eigenvalue weighted by molar-refractivity contribution is 7.15. The average Bonchev–Trinajstić information content (AvgIpc) is 2.91. The van der Waals surface area contributed by atoms with Gasteiger partial charge in [-0.1, -0.05) is 6.92 Å². The number of aliphatic carboxylic acids is 1. The quantitative estimate of drug-likeness (QED) is 0.888. The molecule has 1 fully saturated rings. The molecule has 1 aliphatic heterocycles. The van der Waals surface area contributed by atoms with E-state index in [9.17, 15) is 4.79 Å². The predicted molar refractivity (Wildman–Crippen MR) is 72.8 cm³/mol. The molecule has 104 valence electrons. The molecule has 3 rings (SSSR count). The van der Waals surface area contributed by atoms with Crippen LogP contribution in [0.2, 0.25) is 0 Å². The molecule has 3 unspecified atom stereocenters. The summed E-state index contributed by atoms with van der Waals surface area (Å²) in [6.07, 6.45) is 2.51. The predicted octanol–water partition coefficient (Wildman–Crippen LogP) is 2.09. The Balaban J connectivity index is 1.73. The highest BCUT2D eigenvalue weighted by atomic mass is 32.1. The molecule has 2 aliphatic rings. The van der Waals surface area contributed by atoms with Gasteiger partial charge >= 0.3 is 5.97 Å². The maximum Gasteiger partial charge on any atom is 0.312 e. The molecule has 1 saturated heterocycles. The minimum absolute atomic E-state index is 0.378. The Morgan fingerprint density at radius 2 is 2.37 bits per heavy atom. The number of nitrogens with zero attached hydrogens (tertiary/aromatic N) is 1. The first-order chi connectivity index (χ1) is 9.15. The first-order valence-corrected chi connectivity index (χ1v) is 7.53. The number of carboxylic acid groups (broad SMARTS) is 1. The highest BCUT2D eigenvalue weighted by Gasteiger charge is 2.33. The summed E-state index contributed by atoms with van der Waals surface area (Å²) < 4.78 is 5.42. The zero-order chi connectivity index (χ0) is 13.4. The van der Waals surface area contributed by atoms with E-state index in [1.54, 1.807) is 11.3 Å². The summed E-state index contributed by atoms with van der Waals surface area (Å²) in [5.41, 5.74) is 0.778. The number of hydrogen-bond donors (Lipinski definition) is 2. The molecule has 6 heteroatoms. The van der Waals surface area contributed by atoms with Crippen LogP contribution < -0.4 is 5.32 Å². The van der Waals surface area contributed by atoms with E-state index in [4.69, 9.17) is 9.84 Å². The van der Waals surface area contributed by atoms with Gasteiger partial charge in [0, 0.05) is 17.5 Å². The van der Waals surface area contributed by atoms with E-state index in [-0.39, 0.29) is 0 Å². The third-order valence-corrected chi connectivity index (χ3v) is 5.03. The van der Waals surface area contributed by atoms with E-state index < -0.39 is 11.9 Å². The molecule has 2 heterocycles. The minimum Gasteiger partial charge on any atom is -0.481 e. The van der Waals surface area contributed by atoms with Gasteiger partial charge in [-0.05, 0) is 25.2 Å². The number of thiazole rings is 1. The lowest BCUT2D eigenvalue weighted by atomic mass is 9.98. The van der Waals surface area contributed by atoms with Crippen molar-refractivity contribution < 1.29 is 14.6 Å². The summed E-state index contributed by atoms with van der Waals surface area (Å²) in [6.45, 7) is 3.73. The van der Waals surface area contributed by atoms with Gasteiger partial charge in [0.15, 0.2) is 5.13 Å². The van der Waals surface area contributed by atoms with Crippen molar-refractivity contribution in [2.75, 3.05) is 18.5 Å². The molecule has 0 saturated carbocycles. The highest BCUT2D eigenvalue weighted by Crippen LogP contribution is 2.39. The maximum absolute atomic E-state index is 11.1. The second kappa shape index (κ2) is 5.09. The summed E-state index contributed by atoms with van der Waals surface area (Å²) in [6, 6.07) is 0.378. The van der Waals surface area contributed by atoms with Crippen LogP contribution in [-0.2, 0) is 16.0 Å². The van der Waals surface area contributed by atoms with Crippen LogP contribution in [-0.4, -0.2) is 35.3 Å². The van der Waals surface area contributed by atoms with Gasteiger partial charge in [-0.25, -0.2) is 4.98 Å². The second-order valence-electron chi connectivity index (χ2n) is 5.35. The molecule has 0 bridgehead atoms. The zero-order valence-electron chi connectivity index (χ0n) is 10.9. The Labute approximate surface area is 116 Å². The molecule has 0 spiro atoms. The van der Waals surface area contributed by atoms with E-state index in [2.05, 4.69) is 17.2 Å². The Morgan fingerprint density at radius 3 is 3.11 bits per heavy atom. The van der Waals surface area contributed by atoms with Crippen LogP contribution in [0.15, 0.2) is 0 Å². The van der Waals surface area contributed by atoms with Crippen LogP contribution >= 0.6 is 11.3 Å². The van der Waals surface area contributed by atoms with Crippen molar-refractivity contribution in [2.24, 2.45) is 5.92 Å². The standard InChI is InChI=1S/C13H18N2O3S/c1-7-6-18-5-4-9(7)14-13-15-11-8(12(16)17)2-3-10(11)19-13/h7-9H,2-6H2,1H3,(H,14,15)(H,16,17). The summed E-state index contributed by atoms with van der Waals surface area (Å²) in [7, 11) is 0. The lowest BCUT2D eigenvalue weighted by molar-refractivity contribution is -0.138. The molecule has 5 nitrogen and oxygen atoms in total. The van der Waals surface area contributed by atoms with Crippen molar-refractivity contribution in [3.63, 3.8) is 0 Å². The fourth-order valence-corrected chi connectivity index (χ4v) is 3.88. The van der Waals surface area contributed by atoms with E-state index >= 15 is 0 Å². The number of carboxylic acids is 1. The molecular weight excluding hydrogens is 264 g/mol. The smallest absolute Gasteiger partial charge is 0.312 e. The first kappa shape index (κ1) is 12.9. The summed E-state index contributed by atoms with van der Waals surface area (Å²) >= 11 is 1.61. The van der Waals surface area contributed by atoms with Gasteiger partial charge in [0.2, 0.25) is 0 Å². The van der Waals surface area contributed by atoms with Crippen LogP contribution in [0.4, 0.5) is 5.13 Å². The van der Waals surface area contributed by atoms with Crippen LogP contribution in [0.1, 0.15) is 36.3 Å². The SMILES string of the molecule is CC1COCCC1Nc1nc2c(s1)CCC2C(=O)O. The van der Waals surface area contributed by atoms with Gasteiger partial charge in [-0.15, -0.1) is 11.3 Å². The van der Waals surface area contributed by atoms with Gasteiger partial charge in [0.05, 0.1) is 12.3 Å². The molecule has 3 atom stereocenters. The third-order valence-electron chi connectivity index (χ3n) is 3.97. The fourth-order valence-electron chi connectivity index (χ4n) is 2.78. The molecule has 1 aliphatic carbocycles. The molecule has 0 radical (unpaired) electrons. The van der Waals surface area contributed by atoms with Gasteiger partial charge in [-0.3, -0.25) is 4.79 Å². The van der Waals surface area contributed by atoms with Crippen molar-refractivity contribution in [1.82, 2.24) is 4.98 Å². The summed E-state index contributed by atoms with van der Waals surface area (Å²) in [5, 5.41) is 13.5. The molecule has 0 aromatic carbocycles. The average molecular weight is 282 g/mol. The number of nitrogens with one attached hydrogen (secondary N) is 1. The number of fused-ring (bicyclic) bond motifs is 1. The number of ether oxygens (including phenoxy) is 1. The Bertz CT molecular complexity index is 488. The van der Waals surface area contributed by atoms with Crippen molar-refractivity contribution in [1.29, 1.82) is 0 Å². The lowest BCUT2D eigenvalue weighted by Crippen LogP contribution is -2.35. The molecule has 1 aromatic rings.